The molecule has 0 aromatic heterocycles. The van der Waals surface area contributed by atoms with Crippen LogP contribution in [0.25, 0.3) is 0 Å². The summed E-state index contributed by atoms with van der Waals surface area (Å²) >= 11 is 2.97. The van der Waals surface area contributed by atoms with Gasteiger partial charge in [-0.3, -0.25) is 9.59 Å². The van der Waals surface area contributed by atoms with Crippen LogP contribution in [0.2, 0.25) is 0 Å². The molecule has 0 saturated carbocycles. The molecule has 0 heterocycles. The monoisotopic (exact) mass is 286 g/mol. The van der Waals surface area contributed by atoms with Gasteiger partial charge in [0.25, 0.3) is 0 Å². The summed E-state index contributed by atoms with van der Waals surface area (Å²) in [5.41, 5.74) is 0. The summed E-state index contributed by atoms with van der Waals surface area (Å²) < 4.78 is 0. The van der Waals surface area contributed by atoms with Crippen molar-refractivity contribution in [2.45, 2.75) is 22.6 Å². The van der Waals surface area contributed by atoms with Gasteiger partial charge in [-0.15, -0.1) is 23.5 Å². The molecule has 0 aliphatic heterocycles. The lowest BCUT2D eigenvalue weighted by Gasteiger charge is -2.07. The van der Waals surface area contributed by atoms with Gasteiger partial charge in [0.15, 0.2) is 0 Å². The van der Waals surface area contributed by atoms with Gasteiger partial charge in [0.1, 0.15) is 0 Å². The number of carboxylic acids is 2. The number of carboxylic acid groups (broad SMARTS) is 2. The first-order valence-electron chi connectivity index (χ1n) is 5.38. The number of benzene rings is 1. The van der Waals surface area contributed by atoms with Gasteiger partial charge in [0, 0.05) is 21.3 Å². The Bertz CT molecular complexity index is 381. The van der Waals surface area contributed by atoms with E-state index < -0.39 is 11.9 Å². The van der Waals surface area contributed by atoms with Crippen LogP contribution in [-0.4, -0.2) is 33.7 Å². The van der Waals surface area contributed by atoms with Crippen LogP contribution in [0, 0.1) is 0 Å². The molecule has 98 valence electrons. The number of rotatable bonds is 8. The second-order valence-corrected chi connectivity index (χ2v) is 5.70. The number of hydrogen-bond donors (Lipinski definition) is 2. The van der Waals surface area contributed by atoms with E-state index in [4.69, 9.17) is 10.2 Å². The third-order valence-corrected chi connectivity index (χ3v) is 4.28. The normalized spacial score (nSPS) is 10.2. The lowest BCUT2D eigenvalue weighted by Crippen LogP contribution is -1.97. The first kappa shape index (κ1) is 14.9. The Kier molecular flexibility index (Phi) is 6.67. The highest BCUT2D eigenvalue weighted by atomic mass is 32.2. The van der Waals surface area contributed by atoms with Gasteiger partial charge in [-0.2, -0.15) is 0 Å². The van der Waals surface area contributed by atoms with Gasteiger partial charge in [-0.1, -0.05) is 12.1 Å². The van der Waals surface area contributed by atoms with Crippen molar-refractivity contribution in [3.8, 4) is 0 Å². The maximum absolute atomic E-state index is 10.4. The molecule has 0 aliphatic carbocycles. The van der Waals surface area contributed by atoms with Gasteiger partial charge in [-0.25, -0.2) is 0 Å². The molecule has 4 nitrogen and oxygen atoms in total. The van der Waals surface area contributed by atoms with Crippen LogP contribution in [0.15, 0.2) is 34.1 Å². The Hall–Kier alpha value is -1.14. The predicted molar refractivity (Wildman–Crippen MR) is 72.4 cm³/mol. The molecule has 0 radical (unpaired) electrons. The van der Waals surface area contributed by atoms with Crippen LogP contribution >= 0.6 is 23.5 Å². The molecule has 18 heavy (non-hydrogen) atoms. The molecular weight excluding hydrogens is 272 g/mol. The molecule has 0 aliphatic rings. The fourth-order valence-electron chi connectivity index (χ4n) is 1.19. The van der Waals surface area contributed by atoms with E-state index in [9.17, 15) is 9.59 Å². The minimum atomic E-state index is -0.807. The Morgan fingerprint density at radius 2 is 1.28 bits per heavy atom. The smallest absolute Gasteiger partial charge is 0.304 e. The summed E-state index contributed by atoms with van der Waals surface area (Å²) in [6.45, 7) is 0. The maximum Gasteiger partial charge on any atom is 0.304 e. The number of aliphatic carboxylic acids is 2. The highest BCUT2D eigenvalue weighted by Crippen LogP contribution is 2.31. The molecule has 0 unspecified atom stereocenters. The Balaban J connectivity index is 2.50. The lowest BCUT2D eigenvalue weighted by atomic mass is 10.4. The Morgan fingerprint density at radius 3 is 1.61 bits per heavy atom. The van der Waals surface area contributed by atoms with Crippen molar-refractivity contribution in [2.24, 2.45) is 0 Å². The van der Waals surface area contributed by atoms with Crippen molar-refractivity contribution in [3.05, 3.63) is 24.3 Å². The van der Waals surface area contributed by atoms with Crippen LogP contribution in [0.3, 0.4) is 0 Å². The highest BCUT2D eigenvalue weighted by molar-refractivity contribution is 8.02. The average molecular weight is 286 g/mol. The van der Waals surface area contributed by atoms with Gasteiger partial charge in [-0.05, 0) is 12.1 Å². The van der Waals surface area contributed by atoms with Crippen LogP contribution < -0.4 is 0 Å². The first-order chi connectivity index (χ1) is 8.59. The summed E-state index contributed by atoms with van der Waals surface area (Å²) in [6.07, 6.45) is 0.248. The molecule has 0 bridgehead atoms. The lowest BCUT2D eigenvalue weighted by molar-refractivity contribution is -0.137. The zero-order chi connectivity index (χ0) is 13.4. The van der Waals surface area contributed by atoms with Crippen LogP contribution in [0.4, 0.5) is 0 Å². The van der Waals surface area contributed by atoms with Crippen molar-refractivity contribution in [2.75, 3.05) is 11.5 Å². The number of thioether (sulfide) groups is 2. The van der Waals surface area contributed by atoms with Crippen LogP contribution in [0.1, 0.15) is 12.8 Å². The number of hydrogen-bond acceptors (Lipinski definition) is 4. The third kappa shape index (κ3) is 5.97. The van der Waals surface area contributed by atoms with E-state index in [0.29, 0.717) is 11.5 Å². The van der Waals surface area contributed by atoms with Crippen LogP contribution in [0.5, 0.6) is 0 Å². The molecule has 2 N–H and O–H groups in total. The molecule has 1 aromatic carbocycles. The molecule has 1 aromatic rings. The van der Waals surface area contributed by atoms with E-state index in [1.165, 1.54) is 23.5 Å². The Morgan fingerprint density at radius 1 is 0.889 bits per heavy atom. The quantitative estimate of drug-likeness (QED) is 0.716. The summed E-state index contributed by atoms with van der Waals surface area (Å²) in [7, 11) is 0. The minimum Gasteiger partial charge on any atom is -0.481 e. The largest absolute Gasteiger partial charge is 0.481 e. The maximum atomic E-state index is 10.4. The zero-order valence-corrected chi connectivity index (χ0v) is 11.3. The van der Waals surface area contributed by atoms with Gasteiger partial charge < -0.3 is 10.2 Å². The topological polar surface area (TPSA) is 74.6 Å². The fourth-order valence-corrected chi connectivity index (χ4v) is 3.30. The Labute approximate surface area is 114 Å². The molecule has 1 rings (SSSR count). The zero-order valence-electron chi connectivity index (χ0n) is 9.67. The highest BCUT2D eigenvalue weighted by Gasteiger charge is 2.05. The number of carbonyl (C=O) groups is 2. The van der Waals surface area contributed by atoms with E-state index >= 15 is 0 Å². The molecule has 0 spiro atoms. The van der Waals surface area contributed by atoms with E-state index in [1.54, 1.807) is 0 Å². The molecule has 0 fully saturated rings. The predicted octanol–water partition coefficient (Wildman–Crippen LogP) is 2.82. The third-order valence-electron chi connectivity index (χ3n) is 2.00. The molecule has 0 amide bonds. The van der Waals surface area contributed by atoms with Crippen molar-refractivity contribution < 1.29 is 19.8 Å². The van der Waals surface area contributed by atoms with Gasteiger partial charge in [0.05, 0.1) is 12.8 Å². The summed E-state index contributed by atoms with van der Waals surface area (Å²) in [5, 5.41) is 17.2. The first-order valence-corrected chi connectivity index (χ1v) is 7.35. The summed E-state index contributed by atoms with van der Waals surface area (Å²) in [6, 6.07) is 7.64. The SMILES string of the molecule is O=C(O)CCSc1ccccc1SCCC(=O)O. The van der Waals surface area contributed by atoms with Crippen molar-refractivity contribution in [1.29, 1.82) is 0 Å². The van der Waals surface area contributed by atoms with E-state index in [0.717, 1.165) is 9.79 Å². The van der Waals surface area contributed by atoms with Crippen molar-refractivity contribution in [3.63, 3.8) is 0 Å². The molecule has 0 saturated heterocycles. The van der Waals surface area contributed by atoms with Crippen molar-refractivity contribution in [1.82, 2.24) is 0 Å². The van der Waals surface area contributed by atoms with E-state index in [1.807, 2.05) is 24.3 Å². The molecule has 0 atom stereocenters. The average Bonchev–Trinajstić information content (AvgIpc) is 2.30. The van der Waals surface area contributed by atoms with Gasteiger partial charge >= 0.3 is 11.9 Å². The van der Waals surface area contributed by atoms with Gasteiger partial charge in [0.2, 0.25) is 0 Å². The van der Waals surface area contributed by atoms with Crippen LogP contribution in [-0.2, 0) is 9.59 Å². The minimum absolute atomic E-state index is 0.124. The standard InChI is InChI=1S/C12H14O4S2/c13-11(14)5-7-17-9-3-1-2-4-10(9)18-8-6-12(15)16/h1-4H,5-8H2,(H,13,14)(H,15,16). The van der Waals surface area contributed by atoms with E-state index in [2.05, 4.69) is 0 Å². The van der Waals surface area contributed by atoms with E-state index in [-0.39, 0.29) is 12.8 Å². The fraction of sp³-hybridized carbons (Fsp3) is 0.333. The van der Waals surface area contributed by atoms with Crippen molar-refractivity contribution >= 4 is 35.5 Å². The molecular formula is C12H14O4S2. The summed E-state index contributed by atoms with van der Waals surface area (Å²) in [5.74, 6) is -0.575. The second kappa shape index (κ2) is 8.05. The molecule has 6 heteroatoms. The second-order valence-electron chi connectivity index (χ2n) is 3.43. The summed E-state index contributed by atoms with van der Waals surface area (Å²) in [4.78, 5) is 22.9.